The number of hydrogen-bond donors (Lipinski definition) is 0. The van der Waals surface area contributed by atoms with Crippen molar-refractivity contribution in [1.29, 1.82) is 0 Å². The topological polar surface area (TPSA) is 52.6 Å². The van der Waals surface area contributed by atoms with E-state index in [1.165, 1.54) is 20.3 Å². The van der Waals surface area contributed by atoms with Crippen LogP contribution in [-0.4, -0.2) is 25.2 Å². The van der Waals surface area contributed by atoms with Crippen LogP contribution in [0.25, 0.3) is 0 Å². The summed E-state index contributed by atoms with van der Waals surface area (Å²) in [6.07, 6.45) is 6.34. The number of hydrogen-bond acceptors (Lipinski definition) is 4. The van der Waals surface area contributed by atoms with Crippen molar-refractivity contribution in [2.75, 3.05) is 13.2 Å². The van der Waals surface area contributed by atoms with E-state index in [1.54, 1.807) is 0 Å². The van der Waals surface area contributed by atoms with Crippen LogP contribution in [0.4, 0.5) is 0 Å². The highest BCUT2D eigenvalue weighted by atomic mass is 16.5. The third-order valence-corrected chi connectivity index (χ3v) is 2.16. The predicted molar refractivity (Wildman–Crippen MR) is 65.5 cm³/mol. The Morgan fingerprint density at radius 1 is 1.00 bits per heavy atom. The van der Waals surface area contributed by atoms with E-state index in [2.05, 4.69) is 6.92 Å². The lowest BCUT2D eigenvalue weighted by atomic mass is 10.1. The largest absolute Gasteiger partial charge is 0.461 e. The fourth-order valence-electron chi connectivity index (χ4n) is 1.25. The van der Waals surface area contributed by atoms with Gasteiger partial charge in [-0.2, -0.15) is 0 Å². The smallest absolute Gasteiger partial charge is 0.302 e. The summed E-state index contributed by atoms with van der Waals surface area (Å²) in [5, 5.41) is 0. The summed E-state index contributed by atoms with van der Waals surface area (Å²) >= 11 is 0. The van der Waals surface area contributed by atoms with Crippen molar-refractivity contribution in [3.8, 4) is 0 Å². The molecule has 0 rings (SSSR count). The zero-order chi connectivity index (χ0) is 13.1. The van der Waals surface area contributed by atoms with Gasteiger partial charge in [0.15, 0.2) is 0 Å². The predicted octanol–water partition coefficient (Wildman–Crippen LogP) is 2.62. The Morgan fingerprint density at radius 3 is 1.94 bits per heavy atom. The number of carbonyl (C=O) groups excluding carboxylic acids is 2. The molecule has 0 aliphatic carbocycles. The lowest BCUT2D eigenvalue weighted by Gasteiger charge is -2.08. The summed E-state index contributed by atoms with van der Waals surface area (Å²) < 4.78 is 9.79. The average Bonchev–Trinajstić information content (AvgIpc) is 2.26. The molecule has 0 N–H and O–H groups in total. The maximum Gasteiger partial charge on any atom is 0.302 e. The molecular weight excluding hydrogens is 220 g/mol. The molecule has 0 heterocycles. The fraction of sp³-hybridized carbons (Fsp3) is 0.692. The quantitative estimate of drug-likeness (QED) is 0.373. The minimum absolute atomic E-state index is 0.203. The van der Waals surface area contributed by atoms with Crippen LogP contribution in [0.3, 0.4) is 0 Å². The van der Waals surface area contributed by atoms with Gasteiger partial charge in [-0.1, -0.05) is 25.8 Å². The molecule has 0 saturated carbocycles. The number of allylic oxidation sites excluding steroid dienone is 1. The first-order valence-corrected chi connectivity index (χ1v) is 6.00. The minimum Gasteiger partial charge on any atom is -0.461 e. The van der Waals surface area contributed by atoms with Gasteiger partial charge in [0.2, 0.25) is 0 Å². The van der Waals surface area contributed by atoms with Crippen molar-refractivity contribution >= 4 is 11.9 Å². The molecular formula is C13H22O4. The zero-order valence-corrected chi connectivity index (χ0v) is 11.0. The Kier molecular flexibility index (Phi) is 9.11. The molecule has 0 amide bonds. The van der Waals surface area contributed by atoms with Crippen LogP contribution in [0, 0.1) is 0 Å². The SMILES string of the molecule is CCCCCC=C(COC(C)=O)COC(C)=O. The number of unbranched alkanes of at least 4 members (excludes halogenated alkanes) is 3. The van der Waals surface area contributed by atoms with E-state index in [0.717, 1.165) is 24.8 Å². The number of esters is 2. The Balaban J connectivity index is 4.07. The Morgan fingerprint density at radius 2 is 1.53 bits per heavy atom. The van der Waals surface area contributed by atoms with E-state index in [-0.39, 0.29) is 25.2 Å². The maximum absolute atomic E-state index is 10.7. The molecule has 17 heavy (non-hydrogen) atoms. The second-order valence-electron chi connectivity index (χ2n) is 3.92. The summed E-state index contributed by atoms with van der Waals surface area (Å²) in [7, 11) is 0. The van der Waals surface area contributed by atoms with Crippen LogP contribution in [0.1, 0.15) is 46.5 Å². The van der Waals surface area contributed by atoms with Crippen LogP contribution in [0.5, 0.6) is 0 Å². The molecule has 0 aromatic heterocycles. The van der Waals surface area contributed by atoms with Crippen LogP contribution in [0.15, 0.2) is 11.6 Å². The molecule has 4 nitrogen and oxygen atoms in total. The van der Waals surface area contributed by atoms with E-state index in [1.807, 2.05) is 6.08 Å². The van der Waals surface area contributed by atoms with Gasteiger partial charge in [-0.15, -0.1) is 0 Å². The van der Waals surface area contributed by atoms with E-state index >= 15 is 0 Å². The van der Waals surface area contributed by atoms with Crippen LogP contribution >= 0.6 is 0 Å². The number of ether oxygens (including phenoxy) is 2. The van der Waals surface area contributed by atoms with E-state index < -0.39 is 0 Å². The van der Waals surface area contributed by atoms with Gasteiger partial charge in [0.25, 0.3) is 0 Å². The third kappa shape index (κ3) is 11.0. The minimum atomic E-state index is -0.327. The van der Waals surface area contributed by atoms with Crippen molar-refractivity contribution < 1.29 is 19.1 Å². The van der Waals surface area contributed by atoms with Crippen LogP contribution in [0.2, 0.25) is 0 Å². The molecule has 0 saturated heterocycles. The lowest BCUT2D eigenvalue weighted by Crippen LogP contribution is -2.10. The van der Waals surface area contributed by atoms with Crippen molar-refractivity contribution in [2.24, 2.45) is 0 Å². The second-order valence-corrected chi connectivity index (χ2v) is 3.92. The van der Waals surface area contributed by atoms with Crippen molar-refractivity contribution in [2.45, 2.75) is 46.5 Å². The zero-order valence-electron chi connectivity index (χ0n) is 11.0. The molecule has 0 aliphatic rings. The lowest BCUT2D eigenvalue weighted by molar-refractivity contribution is -0.141. The number of carbonyl (C=O) groups is 2. The first kappa shape index (κ1) is 15.7. The summed E-state index contributed by atoms with van der Waals surface area (Å²) in [6, 6.07) is 0. The fourth-order valence-corrected chi connectivity index (χ4v) is 1.25. The Labute approximate surface area is 103 Å². The molecule has 4 heteroatoms. The van der Waals surface area contributed by atoms with Gasteiger partial charge in [0.1, 0.15) is 13.2 Å². The van der Waals surface area contributed by atoms with Gasteiger partial charge >= 0.3 is 11.9 Å². The Bertz CT molecular complexity index is 249. The van der Waals surface area contributed by atoms with Gasteiger partial charge in [-0.05, 0) is 12.8 Å². The average molecular weight is 242 g/mol. The van der Waals surface area contributed by atoms with Gasteiger partial charge in [-0.3, -0.25) is 9.59 Å². The molecule has 0 aromatic rings. The first-order valence-electron chi connectivity index (χ1n) is 6.00. The molecule has 0 atom stereocenters. The van der Waals surface area contributed by atoms with E-state index in [4.69, 9.17) is 9.47 Å². The maximum atomic E-state index is 10.7. The highest BCUT2D eigenvalue weighted by Gasteiger charge is 2.03. The molecule has 0 radical (unpaired) electrons. The number of rotatable bonds is 8. The molecule has 98 valence electrons. The first-order chi connectivity index (χ1) is 8.06. The van der Waals surface area contributed by atoms with Gasteiger partial charge in [-0.25, -0.2) is 0 Å². The van der Waals surface area contributed by atoms with E-state index in [0.29, 0.717) is 0 Å². The van der Waals surface area contributed by atoms with Crippen LogP contribution in [-0.2, 0) is 19.1 Å². The normalized spacial score (nSPS) is 9.59. The van der Waals surface area contributed by atoms with Crippen molar-refractivity contribution in [3.05, 3.63) is 11.6 Å². The van der Waals surface area contributed by atoms with Gasteiger partial charge in [0.05, 0.1) is 0 Å². The molecule has 0 aromatic carbocycles. The summed E-state index contributed by atoms with van der Waals surface area (Å²) in [5.41, 5.74) is 0.839. The highest BCUT2D eigenvalue weighted by Crippen LogP contribution is 2.05. The molecule has 0 bridgehead atoms. The van der Waals surface area contributed by atoms with Crippen LogP contribution < -0.4 is 0 Å². The standard InChI is InChI=1S/C13H22O4/c1-4-5-6-7-8-13(9-16-11(2)14)10-17-12(3)15/h8H,4-7,9-10H2,1-3H3. The van der Waals surface area contributed by atoms with E-state index in [9.17, 15) is 9.59 Å². The summed E-state index contributed by atoms with van der Waals surface area (Å²) in [6.45, 7) is 5.27. The van der Waals surface area contributed by atoms with Crippen molar-refractivity contribution in [3.63, 3.8) is 0 Å². The molecule has 0 spiro atoms. The molecule has 0 aliphatic heterocycles. The molecule has 0 fully saturated rings. The second kappa shape index (κ2) is 9.87. The molecule has 0 unspecified atom stereocenters. The summed E-state index contributed by atoms with van der Waals surface area (Å²) in [4.78, 5) is 21.4. The third-order valence-electron chi connectivity index (χ3n) is 2.16. The van der Waals surface area contributed by atoms with Crippen molar-refractivity contribution in [1.82, 2.24) is 0 Å². The Hall–Kier alpha value is -1.32. The van der Waals surface area contributed by atoms with Gasteiger partial charge in [0, 0.05) is 19.4 Å². The summed E-state index contributed by atoms with van der Waals surface area (Å²) in [5.74, 6) is -0.653. The van der Waals surface area contributed by atoms with Gasteiger partial charge < -0.3 is 9.47 Å². The monoisotopic (exact) mass is 242 g/mol. The highest BCUT2D eigenvalue weighted by molar-refractivity contribution is 5.66.